The highest BCUT2D eigenvalue weighted by atomic mass is 32.2. The minimum absolute atomic E-state index is 0.0102. The van der Waals surface area contributed by atoms with Gasteiger partial charge in [0.15, 0.2) is 0 Å². The highest BCUT2D eigenvalue weighted by Gasteiger charge is 2.40. The Morgan fingerprint density at radius 3 is 1.53 bits per heavy atom. The van der Waals surface area contributed by atoms with Crippen molar-refractivity contribution in [1.29, 1.82) is 5.26 Å². The number of rotatable bonds is 14. The van der Waals surface area contributed by atoms with Crippen molar-refractivity contribution >= 4 is 210 Å². The number of amides is 5. The van der Waals surface area contributed by atoms with Crippen LogP contribution in [0.3, 0.4) is 0 Å². The Hall–Kier alpha value is -11.3. The molecule has 0 spiro atoms. The Morgan fingerprint density at radius 2 is 1.04 bits per heavy atom. The van der Waals surface area contributed by atoms with Crippen molar-refractivity contribution in [2.75, 3.05) is 7.11 Å². The van der Waals surface area contributed by atoms with E-state index in [4.69, 9.17) is 71.1 Å². The zero-order valence-corrected chi connectivity index (χ0v) is 73.9. The van der Waals surface area contributed by atoms with Crippen LogP contribution in [-0.2, 0) is 36.3 Å². The number of nitrogens with one attached hydrogen (secondary N) is 5. The van der Waals surface area contributed by atoms with Gasteiger partial charge in [-0.1, -0.05) is 255 Å². The number of halogens is 8. The fraction of sp³-hybridized carbons (Fsp3) is 0.159. The van der Waals surface area contributed by atoms with Crippen LogP contribution in [0.15, 0.2) is 219 Å². The van der Waals surface area contributed by atoms with E-state index in [1.165, 1.54) is 80.1 Å². The molecule has 5 aliphatic heterocycles. The maximum absolute atomic E-state index is 14.5. The van der Waals surface area contributed by atoms with Gasteiger partial charge < -0.3 is 31.3 Å². The van der Waals surface area contributed by atoms with Crippen molar-refractivity contribution in [3.8, 4) is 34.2 Å². The molecule has 37 heteroatoms. The number of alkyl halides is 6. The summed E-state index contributed by atoms with van der Waals surface area (Å²) in [6, 6.07) is 52.3. The van der Waals surface area contributed by atoms with Crippen molar-refractivity contribution in [1.82, 2.24) is 31.6 Å². The van der Waals surface area contributed by atoms with Gasteiger partial charge in [-0.2, -0.15) is 31.6 Å². The van der Waals surface area contributed by atoms with Gasteiger partial charge in [0, 0.05) is 35.0 Å². The molecule has 5 saturated heterocycles. The number of benzene rings is 8. The third-order valence-corrected chi connectivity index (χ3v) is 25.6. The summed E-state index contributed by atoms with van der Waals surface area (Å²) in [5.41, 5.74) is 7.90. The number of thiocarbonyl (C=S) groups is 5. The topological polar surface area (TPSA) is 278 Å². The number of hydrogen-bond acceptors (Lipinski definition) is 22. The summed E-state index contributed by atoms with van der Waals surface area (Å²) in [7, 11) is 1.44. The van der Waals surface area contributed by atoms with Gasteiger partial charge in [0.2, 0.25) is 0 Å². The lowest BCUT2D eigenvalue weighted by atomic mass is 9.79. The van der Waals surface area contributed by atoms with Crippen LogP contribution in [0.1, 0.15) is 119 Å². The van der Waals surface area contributed by atoms with Crippen molar-refractivity contribution in [3.63, 3.8) is 0 Å². The van der Waals surface area contributed by atoms with Gasteiger partial charge in [-0.3, -0.25) is 49.2 Å². The second-order valence-corrected chi connectivity index (χ2v) is 36.0. The van der Waals surface area contributed by atoms with Gasteiger partial charge in [-0.05, 0) is 174 Å². The predicted octanol–water partition coefficient (Wildman–Crippen LogP) is 22.2. The van der Waals surface area contributed by atoms with Crippen LogP contribution in [0.25, 0.3) is 50.2 Å². The summed E-state index contributed by atoms with van der Waals surface area (Å²) in [5.74, 6) is -2.84. The number of thioether (sulfide) groups is 5. The van der Waals surface area contributed by atoms with E-state index in [0.717, 1.165) is 98.7 Å². The molecule has 1 saturated carbocycles. The number of nitriles is 1. The molecule has 5 amide bonds. The number of nitro benzene ring substituents is 2. The molecule has 6 heterocycles. The largest absolute Gasteiger partial charge is 0.497 e. The standard InChI is InChI=1S/C23H16N2O3S2.C22H22N2OS2.C17H8F2N2OS2.C13H7F6NOS2.C13H12N2O4S2/c1-14-6-5-9-16(10-14)20(21-22(26)24-23(29)30-21)18-11-17(12-19(13-18)25(27)28)15-7-3-2-4-8-15;1-14-10-11-16(18-9-5-6-12-23-18)13-17(14)19(15-7-3-2-4-8-15)20-21(25)24-22(26)27-20;18-11-6-9(8-20)7-12(19)14(11)13(10-4-2-1-3-5-10)15-16(22)21-17(23)24-15;1-5(9-10(21)20-11(22)23-9)6-2-7(12(14,15)16)4-8(3-6)13(17,18)19;1-3-8(11-12(16)14-13(20)21-11)9-5-4-7(19-2)6-10(9)15(17)18/h2-13H,1H3,(H,24,26,29);5-6,9-13,15H,2-4,7-8H2,1H3,(H,24,25,26);1-7H,(H,21,22,23);2-4H,1H3,(H,20,21,22);4-6H,3H2,1-2H3,(H,14,16,20)/b21-20-;20-19-;15-13-;9-5-;11-8-. The number of pyridine rings is 1. The number of allylic oxidation sites excluding steroid dienone is 3. The molecule has 0 unspecified atom stereocenters. The average molecular weight is 1880 g/mol. The quantitative estimate of drug-likeness (QED) is 0.0222. The van der Waals surface area contributed by atoms with E-state index in [0.29, 0.717) is 86.4 Å². The van der Waals surface area contributed by atoms with Crippen LogP contribution >= 0.6 is 120 Å². The lowest BCUT2D eigenvalue weighted by Gasteiger charge is -2.27. The lowest BCUT2D eigenvalue weighted by molar-refractivity contribution is -0.385. The van der Waals surface area contributed by atoms with E-state index in [-0.39, 0.29) is 81.5 Å². The smallest absolute Gasteiger partial charge is 0.416 e. The molecule has 0 radical (unpaired) electrons. The molecular formula is C88H65F8N9O10S10. The summed E-state index contributed by atoms with van der Waals surface area (Å²) in [6.45, 7) is 7.19. The zero-order chi connectivity index (χ0) is 90.5. The number of aryl methyl sites for hydroxylation is 2. The van der Waals surface area contributed by atoms with Crippen LogP contribution in [0.5, 0.6) is 5.75 Å². The van der Waals surface area contributed by atoms with Gasteiger partial charge in [0.1, 0.15) is 39.0 Å². The molecule has 6 aliphatic rings. The fourth-order valence-electron chi connectivity index (χ4n) is 13.6. The first-order valence-electron chi connectivity index (χ1n) is 37.3. The molecule has 19 nitrogen and oxygen atoms in total. The van der Waals surface area contributed by atoms with Gasteiger partial charge in [-0.25, -0.2) is 8.78 Å². The summed E-state index contributed by atoms with van der Waals surface area (Å²) in [4.78, 5) is 89.2. The molecule has 125 heavy (non-hydrogen) atoms. The number of hydrogen-bond donors (Lipinski definition) is 5. The Morgan fingerprint density at radius 1 is 0.520 bits per heavy atom. The number of nitro groups is 2. The average Bonchev–Trinajstić information content (AvgIpc) is 1.77. The van der Waals surface area contributed by atoms with E-state index >= 15 is 0 Å². The monoisotopic (exact) mass is 1880 g/mol. The Labute approximate surface area is 758 Å². The summed E-state index contributed by atoms with van der Waals surface area (Å²) >= 11 is 30.6. The van der Waals surface area contributed by atoms with Crippen LogP contribution in [0, 0.1) is 63.0 Å². The second kappa shape index (κ2) is 41.7. The van der Waals surface area contributed by atoms with E-state index in [9.17, 15) is 79.3 Å². The molecule has 6 fully saturated rings. The molecule has 0 atom stereocenters. The van der Waals surface area contributed by atoms with Gasteiger partial charge >= 0.3 is 12.4 Å². The number of nitrogens with zero attached hydrogens (tertiary/aromatic N) is 4. The van der Waals surface area contributed by atoms with Crippen LogP contribution in [-0.4, -0.2) is 73.1 Å². The predicted molar refractivity (Wildman–Crippen MR) is 495 cm³/mol. The molecule has 5 N–H and O–H groups in total. The minimum Gasteiger partial charge on any atom is -0.497 e. The molecule has 0 bridgehead atoms. The third-order valence-electron chi connectivity index (χ3n) is 19.3. The maximum Gasteiger partial charge on any atom is 0.416 e. The molecule has 9 aromatic rings. The van der Waals surface area contributed by atoms with Gasteiger partial charge in [-0.15, -0.1) is 0 Å². The van der Waals surface area contributed by atoms with E-state index in [1.807, 2.05) is 98.9 Å². The normalized spacial score (nSPS) is 17.1. The molecule has 8 aromatic carbocycles. The van der Waals surface area contributed by atoms with Crippen LogP contribution in [0.2, 0.25) is 0 Å². The zero-order valence-electron chi connectivity index (χ0n) is 65.8. The van der Waals surface area contributed by atoms with Crippen molar-refractivity contribution in [3.05, 3.63) is 317 Å². The first kappa shape index (κ1) is 94.4. The number of aromatic nitrogens is 1. The van der Waals surface area contributed by atoms with Crippen LogP contribution < -0.4 is 31.3 Å². The highest BCUT2D eigenvalue weighted by Crippen LogP contribution is 2.47. The Kier molecular flexibility index (Phi) is 31.5. The Bertz CT molecular complexity index is 6120. The SMILES string of the molecule is C/C(=C1/SC(=S)NC1=O)c1cc(C(F)(F)F)cc(C(F)(F)F)c1.CC/C(=C1/SC(=S)NC1=O)c1ccc(OC)cc1[N+](=O)[O-].Cc1ccc(-c2ccccn2)cc1/C(=C1\SC(=S)NC1=O)C1CCCCC1.Cc1cccc(/C(=C2/SC(=S)NC2=O)c2cc(-c3ccccc3)cc([N+](=O)[O-])c2)c1.N#Cc1cc(F)c(/C(=C2\SC(=S)NC2=O)c2ccccc2)c(F)c1. The van der Waals surface area contributed by atoms with Gasteiger partial charge in [0.25, 0.3) is 40.9 Å². The fourth-order valence-corrected chi connectivity index (χ4v) is 19.4. The lowest BCUT2D eigenvalue weighted by Crippen LogP contribution is -2.20. The first-order chi connectivity index (χ1) is 59.4. The molecular weight excluding hydrogens is 1820 g/mol. The summed E-state index contributed by atoms with van der Waals surface area (Å²) < 4.78 is 113. The van der Waals surface area contributed by atoms with Crippen molar-refractivity contribution < 1.29 is 73.7 Å². The summed E-state index contributed by atoms with van der Waals surface area (Å²) in [5, 5.41) is 44.5. The number of carbonyl (C=O) groups is 5. The van der Waals surface area contributed by atoms with E-state index in [1.54, 1.807) is 54.6 Å². The third kappa shape index (κ3) is 23.4. The molecule has 1 aromatic heterocycles. The molecule has 15 rings (SSSR count). The Balaban J connectivity index is 0.000000153. The van der Waals surface area contributed by atoms with Crippen LogP contribution in [0.4, 0.5) is 46.5 Å². The van der Waals surface area contributed by atoms with Crippen molar-refractivity contribution in [2.45, 2.75) is 78.6 Å². The minimum atomic E-state index is -4.94. The first-order valence-corrected chi connectivity index (χ1v) is 43.4. The number of non-ortho nitro benzene ring substituents is 1. The number of ether oxygens (including phenoxy) is 1. The van der Waals surface area contributed by atoms with Gasteiger partial charge in [0.05, 0.1) is 87.1 Å². The maximum atomic E-state index is 14.5. The summed E-state index contributed by atoms with van der Waals surface area (Å²) in [6.07, 6.45) is -1.61. The number of methoxy groups -OCH3 is 1. The van der Waals surface area contributed by atoms with E-state index in [2.05, 4.69) is 56.7 Å². The van der Waals surface area contributed by atoms with Crippen molar-refractivity contribution in [2.24, 2.45) is 5.92 Å². The highest BCUT2D eigenvalue weighted by molar-refractivity contribution is 8.28. The molecule has 638 valence electrons. The molecule has 1 aliphatic carbocycles. The second-order valence-electron chi connectivity index (χ2n) is 27.6. The number of carbonyl (C=O) groups excluding carboxylic acids is 5. The van der Waals surface area contributed by atoms with E-state index < -0.39 is 56.8 Å².